The van der Waals surface area contributed by atoms with Crippen molar-refractivity contribution in [2.45, 2.75) is 38.0 Å². The van der Waals surface area contributed by atoms with Crippen LogP contribution in [-0.4, -0.2) is 21.7 Å². The summed E-state index contributed by atoms with van der Waals surface area (Å²) in [4.78, 5) is 8.58. The number of pyridine rings is 1. The molecule has 0 aliphatic heterocycles. The minimum Gasteiger partial charge on any atom is -0.339 e. The lowest BCUT2D eigenvalue weighted by Crippen LogP contribution is -2.25. The van der Waals surface area contributed by atoms with Crippen LogP contribution in [0.3, 0.4) is 0 Å². The first-order chi connectivity index (χ1) is 9.86. The molecule has 5 heteroatoms. The van der Waals surface area contributed by atoms with Crippen LogP contribution in [-0.2, 0) is 6.42 Å². The highest BCUT2D eigenvalue weighted by atomic mass is 16.5. The topological polar surface area (TPSA) is 77.8 Å². The molecule has 0 spiro atoms. The van der Waals surface area contributed by atoms with Crippen molar-refractivity contribution in [3.05, 3.63) is 41.8 Å². The average molecular weight is 272 g/mol. The average Bonchev–Trinajstić information content (AvgIpc) is 2.96. The number of aromatic nitrogens is 3. The summed E-state index contributed by atoms with van der Waals surface area (Å²) in [6, 6.07) is 3.94. The molecule has 2 heterocycles. The van der Waals surface area contributed by atoms with Crippen molar-refractivity contribution in [2.24, 2.45) is 11.7 Å². The van der Waals surface area contributed by atoms with Crippen molar-refractivity contribution in [1.29, 1.82) is 0 Å². The van der Waals surface area contributed by atoms with Gasteiger partial charge < -0.3 is 10.3 Å². The lowest BCUT2D eigenvalue weighted by Gasteiger charge is -2.27. The first-order valence-electron chi connectivity index (χ1n) is 7.28. The second kappa shape index (κ2) is 6.13. The summed E-state index contributed by atoms with van der Waals surface area (Å²) in [5.74, 6) is 2.34. The lowest BCUT2D eigenvalue weighted by atomic mass is 9.79. The van der Waals surface area contributed by atoms with E-state index in [0.29, 0.717) is 24.8 Å². The van der Waals surface area contributed by atoms with Gasteiger partial charge in [0.25, 0.3) is 0 Å². The SMILES string of the molecule is NCC1CCCCC1c1nc(Cc2ccncc2)no1. The summed E-state index contributed by atoms with van der Waals surface area (Å²) in [7, 11) is 0. The Morgan fingerprint density at radius 1 is 1.20 bits per heavy atom. The molecule has 0 amide bonds. The maximum absolute atomic E-state index is 5.86. The zero-order chi connectivity index (χ0) is 13.8. The fourth-order valence-electron chi connectivity index (χ4n) is 2.99. The smallest absolute Gasteiger partial charge is 0.230 e. The molecular formula is C15H20N4O. The highest BCUT2D eigenvalue weighted by molar-refractivity contribution is 5.15. The van der Waals surface area contributed by atoms with Gasteiger partial charge in [-0.1, -0.05) is 18.0 Å². The Hall–Kier alpha value is -1.75. The van der Waals surface area contributed by atoms with Crippen molar-refractivity contribution in [2.75, 3.05) is 6.54 Å². The second-order valence-corrected chi connectivity index (χ2v) is 5.47. The van der Waals surface area contributed by atoms with Crippen LogP contribution in [0, 0.1) is 5.92 Å². The van der Waals surface area contributed by atoms with Crippen LogP contribution in [0.25, 0.3) is 0 Å². The Morgan fingerprint density at radius 2 is 2.00 bits per heavy atom. The molecule has 20 heavy (non-hydrogen) atoms. The number of nitrogens with two attached hydrogens (primary N) is 1. The molecule has 0 aromatic carbocycles. The summed E-state index contributed by atoms with van der Waals surface area (Å²) in [5, 5.41) is 4.11. The van der Waals surface area contributed by atoms with E-state index in [-0.39, 0.29) is 0 Å². The first-order valence-corrected chi connectivity index (χ1v) is 7.28. The van der Waals surface area contributed by atoms with Gasteiger partial charge in [-0.15, -0.1) is 0 Å². The number of rotatable bonds is 4. The summed E-state index contributed by atoms with van der Waals surface area (Å²) in [5.41, 5.74) is 7.01. The molecule has 1 fully saturated rings. The van der Waals surface area contributed by atoms with Crippen LogP contribution in [0.4, 0.5) is 0 Å². The van der Waals surface area contributed by atoms with Crippen molar-refractivity contribution in [3.63, 3.8) is 0 Å². The van der Waals surface area contributed by atoms with E-state index in [2.05, 4.69) is 15.1 Å². The maximum Gasteiger partial charge on any atom is 0.230 e. The van der Waals surface area contributed by atoms with E-state index in [4.69, 9.17) is 10.3 Å². The van der Waals surface area contributed by atoms with Gasteiger partial charge in [-0.3, -0.25) is 4.98 Å². The molecule has 1 aliphatic rings. The maximum atomic E-state index is 5.86. The number of hydrogen-bond acceptors (Lipinski definition) is 5. The van der Waals surface area contributed by atoms with Gasteiger partial charge in [0.05, 0.1) is 0 Å². The quantitative estimate of drug-likeness (QED) is 0.924. The molecule has 106 valence electrons. The molecule has 0 bridgehead atoms. The van der Waals surface area contributed by atoms with Crippen LogP contribution in [0.2, 0.25) is 0 Å². The number of nitrogens with zero attached hydrogens (tertiary/aromatic N) is 3. The molecule has 0 saturated heterocycles. The van der Waals surface area contributed by atoms with Gasteiger partial charge in [-0.05, 0) is 43.0 Å². The first kappa shape index (κ1) is 13.2. The van der Waals surface area contributed by atoms with E-state index < -0.39 is 0 Å². The summed E-state index contributed by atoms with van der Waals surface area (Å²) >= 11 is 0. The summed E-state index contributed by atoms with van der Waals surface area (Å²) in [6.45, 7) is 0.701. The minimum absolute atomic E-state index is 0.340. The zero-order valence-electron chi connectivity index (χ0n) is 11.5. The van der Waals surface area contributed by atoms with Crippen molar-refractivity contribution >= 4 is 0 Å². The summed E-state index contributed by atoms with van der Waals surface area (Å²) < 4.78 is 5.48. The van der Waals surface area contributed by atoms with E-state index in [1.807, 2.05) is 12.1 Å². The number of hydrogen-bond donors (Lipinski definition) is 1. The Labute approximate surface area is 118 Å². The van der Waals surface area contributed by atoms with E-state index in [1.54, 1.807) is 12.4 Å². The molecular weight excluding hydrogens is 252 g/mol. The zero-order valence-corrected chi connectivity index (χ0v) is 11.5. The lowest BCUT2D eigenvalue weighted by molar-refractivity contribution is 0.249. The molecule has 5 nitrogen and oxygen atoms in total. The molecule has 2 atom stereocenters. The second-order valence-electron chi connectivity index (χ2n) is 5.47. The fraction of sp³-hybridized carbons (Fsp3) is 0.533. The standard InChI is InChI=1S/C15H20N4O/c16-10-12-3-1-2-4-13(12)15-18-14(19-20-15)9-11-5-7-17-8-6-11/h5-8,12-13H,1-4,9-10,16H2. The molecule has 2 unspecified atom stereocenters. The van der Waals surface area contributed by atoms with Gasteiger partial charge in [0.2, 0.25) is 5.89 Å². The Kier molecular flexibility index (Phi) is 4.06. The van der Waals surface area contributed by atoms with Crippen LogP contribution < -0.4 is 5.73 Å². The van der Waals surface area contributed by atoms with Crippen molar-refractivity contribution in [1.82, 2.24) is 15.1 Å². The van der Waals surface area contributed by atoms with Crippen molar-refractivity contribution in [3.8, 4) is 0 Å². The van der Waals surface area contributed by atoms with E-state index in [1.165, 1.54) is 19.3 Å². The van der Waals surface area contributed by atoms with Gasteiger partial charge in [0.1, 0.15) is 0 Å². The predicted octanol–water partition coefficient (Wildman–Crippen LogP) is 2.29. The monoisotopic (exact) mass is 272 g/mol. The predicted molar refractivity (Wildman–Crippen MR) is 75.1 cm³/mol. The molecule has 2 N–H and O–H groups in total. The van der Waals surface area contributed by atoms with Crippen LogP contribution in [0.1, 0.15) is 48.9 Å². The Morgan fingerprint density at radius 3 is 2.80 bits per heavy atom. The van der Waals surface area contributed by atoms with E-state index in [0.717, 1.165) is 23.7 Å². The highest BCUT2D eigenvalue weighted by Gasteiger charge is 2.29. The molecule has 1 saturated carbocycles. The molecule has 2 aromatic heterocycles. The minimum atomic E-state index is 0.340. The Balaban J connectivity index is 1.73. The highest BCUT2D eigenvalue weighted by Crippen LogP contribution is 2.36. The van der Waals surface area contributed by atoms with Crippen molar-refractivity contribution < 1.29 is 4.52 Å². The third kappa shape index (κ3) is 2.88. The molecule has 3 rings (SSSR count). The van der Waals surface area contributed by atoms with Gasteiger partial charge >= 0.3 is 0 Å². The van der Waals surface area contributed by atoms with Gasteiger partial charge in [-0.25, -0.2) is 0 Å². The third-order valence-corrected chi connectivity index (χ3v) is 4.12. The van der Waals surface area contributed by atoms with E-state index in [9.17, 15) is 0 Å². The molecule has 2 aromatic rings. The van der Waals surface area contributed by atoms with E-state index >= 15 is 0 Å². The van der Waals surface area contributed by atoms with Gasteiger partial charge in [-0.2, -0.15) is 4.98 Å². The fourth-order valence-corrected chi connectivity index (χ4v) is 2.99. The molecule has 0 radical (unpaired) electrons. The van der Waals surface area contributed by atoms with Crippen LogP contribution >= 0.6 is 0 Å². The molecule has 1 aliphatic carbocycles. The van der Waals surface area contributed by atoms with Gasteiger partial charge in [0.15, 0.2) is 5.82 Å². The largest absolute Gasteiger partial charge is 0.339 e. The van der Waals surface area contributed by atoms with Gasteiger partial charge in [0, 0.05) is 24.7 Å². The third-order valence-electron chi connectivity index (χ3n) is 4.12. The normalized spacial score (nSPS) is 22.9. The Bertz CT molecular complexity index is 540. The summed E-state index contributed by atoms with van der Waals surface area (Å²) in [6.07, 6.45) is 9.01. The van der Waals surface area contributed by atoms with Crippen LogP contribution in [0.5, 0.6) is 0 Å². The van der Waals surface area contributed by atoms with Crippen LogP contribution in [0.15, 0.2) is 29.0 Å².